The minimum atomic E-state index is -0.391. The lowest BCUT2D eigenvalue weighted by Gasteiger charge is -2.33. The first-order valence-electron chi connectivity index (χ1n) is 6.78. The van der Waals surface area contributed by atoms with Gasteiger partial charge in [0.1, 0.15) is 17.1 Å². The first kappa shape index (κ1) is 15.4. The van der Waals surface area contributed by atoms with Crippen LogP contribution in [0.15, 0.2) is 10.5 Å². The molecule has 1 saturated heterocycles. The molecule has 0 N–H and O–H groups in total. The Bertz CT molecular complexity index is 517. The maximum absolute atomic E-state index is 11.5. The van der Waals surface area contributed by atoms with E-state index in [1.807, 2.05) is 0 Å². The van der Waals surface area contributed by atoms with Crippen molar-refractivity contribution in [3.63, 3.8) is 0 Å². The number of hydrogen-bond donors (Lipinski definition) is 0. The van der Waals surface area contributed by atoms with Gasteiger partial charge in [-0.15, -0.1) is 0 Å². The summed E-state index contributed by atoms with van der Waals surface area (Å²) in [7, 11) is 2.73. The molecule has 1 fully saturated rings. The molecule has 0 radical (unpaired) electrons. The number of carbonyl (C=O) groups is 2. The van der Waals surface area contributed by atoms with Crippen molar-refractivity contribution < 1.29 is 23.5 Å². The highest BCUT2D eigenvalue weighted by Gasteiger charge is 2.23. The molecule has 1 aromatic heterocycles. The van der Waals surface area contributed by atoms with Crippen molar-refractivity contribution in [1.29, 1.82) is 0 Å². The van der Waals surface area contributed by atoms with E-state index in [1.165, 1.54) is 14.2 Å². The van der Waals surface area contributed by atoms with E-state index in [2.05, 4.69) is 4.90 Å². The first-order chi connectivity index (χ1) is 10.0. The largest absolute Gasteiger partial charge is 0.465 e. The van der Waals surface area contributed by atoms with Gasteiger partial charge in [0.25, 0.3) is 0 Å². The average molecular weight is 296 g/mol. The van der Waals surface area contributed by atoms with Crippen LogP contribution in [0.25, 0.3) is 0 Å². The number of nitrogens with zero attached hydrogens (tertiary/aromatic N) is 2. The Morgan fingerprint density at radius 1 is 1.19 bits per heavy atom. The number of rotatable bonds is 3. The minimum Gasteiger partial charge on any atom is -0.465 e. The number of hydrogen-bond acceptors (Lipinski definition) is 6. The Morgan fingerprint density at radius 3 is 2.43 bits per heavy atom. The summed E-state index contributed by atoms with van der Waals surface area (Å²) in [6, 6.07) is 1.72. The fraction of sp³-hybridized carbons (Fsp3) is 0.571. The number of methoxy groups -OCH3 is 2. The maximum Gasteiger partial charge on any atom is 0.409 e. The summed E-state index contributed by atoms with van der Waals surface area (Å²) in [5.74, 6) is 0.891. The number of esters is 1. The van der Waals surface area contributed by atoms with Crippen molar-refractivity contribution in [1.82, 2.24) is 9.80 Å². The standard InChI is InChI=1S/C14H20N2O5/c1-10-12(13(17)19-2)8-11(21-10)9-15-4-6-16(7-5-15)14(18)20-3/h8H,4-7,9H2,1-3H3. The number of furan rings is 1. The summed E-state index contributed by atoms with van der Waals surface area (Å²) in [4.78, 5) is 26.8. The number of aryl methyl sites for hydroxylation is 1. The Labute approximate surface area is 123 Å². The maximum atomic E-state index is 11.5. The smallest absolute Gasteiger partial charge is 0.409 e. The van der Waals surface area contributed by atoms with E-state index in [-0.39, 0.29) is 6.09 Å². The second-order valence-electron chi connectivity index (χ2n) is 4.91. The summed E-state index contributed by atoms with van der Waals surface area (Å²) in [6.45, 7) is 5.06. The van der Waals surface area contributed by atoms with Crippen LogP contribution in [0.3, 0.4) is 0 Å². The fourth-order valence-electron chi connectivity index (χ4n) is 2.37. The van der Waals surface area contributed by atoms with Crippen LogP contribution < -0.4 is 0 Å². The van der Waals surface area contributed by atoms with Crippen molar-refractivity contribution in [3.8, 4) is 0 Å². The molecule has 2 heterocycles. The van der Waals surface area contributed by atoms with Crippen molar-refractivity contribution in [3.05, 3.63) is 23.2 Å². The fourth-order valence-corrected chi connectivity index (χ4v) is 2.37. The van der Waals surface area contributed by atoms with Gasteiger partial charge in [-0.25, -0.2) is 9.59 Å². The van der Waals surface area contributed by atoms with Gasteiger partial charge in [0.15, 0.2) is 0 Å². The van der Waals surface area contributed by atoms with Crippen molar-refractivity contribution >= 4 is 12.1 Å². The molecule has 1 amide bonds. The van der Waals surface area contributed by atoms with E-state index in [4.69, 9.17) is 13.9 Å². The number of carbonyl (C=O) groups excluding carboxylic acids is 2. The van der Waals surface area contributed by atoms with Crippen LogP contribution in [0.2, 0.25) is 0 Å². The van der Waals surface area contributed by atoms with Gasteiger partial charge in [0, 0.05) is 26.2 Å². The molecule has 0 saturated carbocycles. The zero-order valence-corrected chi connectivity index (χ0v) is 12.5. The molecule has 116 valence electrons. The second kappa shape index (κ2) is 6.62. The lowest BCUT2D eigenvalue weighted by Crippen LogP contribution is -2.48. The number of amides is 1. The third-order valence-corrected chi connectivity index (χ3v) is 3.56. The monoisotopic (exact) mass is 296 g/mol. The summed E-state index contributed by atoms with van der Waals surface area (Å²) in [5.41, 5.74) is 0.459. The molecule has 7 nitrogen and oxygen atoms in total. The summed E-state index contributed by atoms with van der Waals surface area (Å²) in [5, 5.41) is 0. The van der Waals surface area contributed by atoms with Gasteiger partial charge in [-0.3, -0.25) is 4.90 Å². The van der Waals surface area contributed by atoms with E-state index in [0.29, 0.717) is 31.0 Å². The van der Waals surface area contributed by atoms with E-state index in [0.717, 1.165) is 18.8 Å². The first-order valence-corrected chi connectivity index (χ1v) is 6.78. The van der Waals surface area contributed by atoms with Crippen molar-refractivity contribution in [2.75, 3.05) is 40.4 Å². The molecule has 1 aliphatic heterocycles. The van der Waals surface area contributed by atoms with Crippen LogP contribution in [0, 0.1) is 6.92 Å². The molecule has 0 unspecified atom stereocenters. The molecule has 0 atom stereocenters. The molecule has 0 bridgehead atoms. The summed E-state index contributed by atoms with van der Waals surface area (Å²) >= 11 is 0. The number of piperazine rings is 1. The normalized spacial score (nSPS) is 15.9. The van der Waals surface area contributed by atoms with Gasteiger partial charge in [-0.05, 0) is 13.0 Å². The lowest BCUT2D eigenvalue weighted by atomic mass is 10.2. The molecule has 1 aromatic rings. The molecule has 1 aliphatic rings. The summed E-state index contributed by atoms with van der Waals surface area (Å²) in [6.07, 6.45) is -0.295. The molecule has 0 aliphatic carbocycles. The zero-order chi connectivity index (χ0) is 15.4. The predicted molar refractivity (Wildman–Crippen MR) is 74.0 cm³/mol. The Morgan fingerprint density at radius 2 is 1.86 bits per heavy atom. The molecular weight excluding hydrogens is 276 g/mol. The Balaban J connectivity index is 1.92. The average Bonchev–Trinajstić information content (AvgIpc) is 2.87. The third-order valence-electron chi connectivity index (χ3n) is 3.56. The van der Waals surface area contributed by atoms with Crippen LogP contribution in [0.1, 0.15) is 21.9 Å². The highest BCUT2D eigenvalue weighted by atomic mass is 16.5. The SMILES string of the molecule is COC(=O)c1cc(CN2CCN(C(=O)OC)CC2)oc1C. The number of ether oxygens (including phenoxy) is 2. The van der Waals surface area contributed by atoms with Crippen LogP contribution >= 0.6 is 0 Å². The van der Waals surface area contributed by atoms with Gasteiger partial charge < -0.3 is 18.8 Å². The van der Waals surface area contributed by atoms with Gasteiger partial charge >= 0.3 is 12.1 Å². The topological polar surface area (TPSA) is 72.2 Å². The van der Waals surface area contributed by atoms with Gasteiger partial charge in [0.2, 0.25) is 0 Å². The Hall–Kier alpha value is -2.02. The summed E-state index contributed by atoms with van der Waals surface area (Å²) < 4.78 is 15.0. The van der Waals surface area contributed by atoms with E-state index in [9.17, 15) is 9.59 Å². The highest BCUT2D eigenvalue weighted by Crippen LogP contribution is 2.18. The predicted octanol–water partition coefficient (Wildman–Crippen LogP) is 1.26. The van der Waals surface area contributed by atoms with Crippen molar-refractivity contribution in [2.24, 2.45) is 0 Å². The zero-order valence-electron chi connectivity index (χ0n) is 12.5. The molecule has 0 aromatic carbocycles. The van der Waals surface area contributed by atoms with E-state index in [1.54, 1.807) is 17.9 Å². The Kier molecular flexibility index (Phi) is 4.85. The quantitative estimate of drug-likeness (QED) is 0.782. The van der Waals surface area contributed by atoms with Crippen LogP contribution in [0.5, 0.6) is 0 Å². The second-order valence-corrected chi connectivity index (χ2v) is 4.91. The lowest BCUT2D eigenvalue weighted by molar-refractivity contribution is 0.0598. The van der Waals surface area contributed by atoms with Gasteiger partial charge in [-0.2, -0.15) is 0 Å². The highest BCUT2D eigenvalue weighted by molar-refractivity contribution is 5.90. The van der Waals surface area contributed by atoms with Crippen LogP contribution in [-0.4, -0.2) is 62.3 Å². The molecule has 7 heteroatoms. The minimum absolute atomic E-state index is 0.295. The third kappa shape index (κ3) is 3.55. The van der Waals surface area contributed by atoms with Crippen molar-refractivity contribution in [2.45, 2.75) is 13.5 Å². The van der Waals surface area contributed by atoms with Gasteiger partial charge in [0.05, 0.1) is 20.8 Å². The van der Waals surface area contributed by atoms with E-state index < -0.39 is 5.97 Å². The van der Waals surface area contributed by atoms with Gasteiger partial charge in [-0.1, -0.05) is 0 Å². The van der Waals surface area contributed by atoms with E-state index >= 15 is 0 Å². The van der Waals surface area contributed by atoms with Crippen LogP contribution in [-0.2, 0) is 16.0 Å². The molecule has 21 heavy (non-hydrogen) atoms. The molecule has 0 spiro atoms. The van der Waals surface area contributed by atoms with Crippen LogP contribution in [0.4, 0.5) is 4.79 Å². The molecular formula is C14H20N2O5. The molecule has 2 rings (SSSR count).